The van der Waals surface area contributed by atoms with Crippen molar-refractivity contribution in [2.24, 2.45) is 5.14 Å². The van der Waals surface area contributed by atoms with Crippen LogP contribution in [0, 0.1) is 0 Å². The van der Waals surface area contributed by atoms with Crippen molar-refractivity contribution in [2.75, 3.05) is 0 Å². The van der Waals surface area contributed by atoms with Crippen LogP contribution in [0.5, 0.6) is 0 Å². The second kappa shape index (κ2) is 2.40. The van der Waals surface area contributed by atoms with Gasteiger partial charge in [-0.2, -0.15) is 11.1 Å². The standard InChI is InChI=1S/C10H9NOS/c11-13-6-4-8-9(13)2-1-7-3-5-12-10(7)8/h1-6,13H,11H2. The maximum absolute atomic E-state index is 5.94. The normalized spacial score (nSPS) is 22.4. The van der Waals surface area contributed by atoms with Crippen LogP contribution in [0.1, 0.15) is 5.56 Å². The van der Waals surface area contributed by atoms with Crippen LogP contribution in [0.3, 0.4) is 0 Å². The first-order valence-electron chi connectivity index (χ1n) is 4.08. The van der Waals surface area contributed by atoms with Gasteiger partial charge in [-0.1, -0.05) is 0 Å². The van der Waals surface area contributed by atoms with E-state index in [0.717, 1.165) is 16.5 Å². The van der Waals surface area contributed by atoms with Crippen LogP contribution >= 0.6 is 11.1 Å². The number of benzene rings is 1. The van der Waals surface area contributed by atoms with Gasteiger partial charge in [-0.25, -0.2) is 0 Å². The number of furan rings is 1. The van der Waals surface area contributed by atoms with Crippen LogP contribution in [-0.4, -0.2) is 0 Å². The van der Waals surface area contributed by atoms with Crippen molar-refractivity contribution in [3.63, 3.8) is 0 Å². The topological polar surface area (TPSA) is 39.2 Å². The van der Waals surface area contributed by atoms with Gasteiger partial charge in [0.15, 0.2) is 0 Å². The van der Waals surface area contributed by atoms with Gasteiger partial charge < -0.3 is 4.42 Å². The molecule has 0 spiro atoms. The van der Waals surface area contributed by atoms with E-state index in [1.165, 1.54) is 4.90 Å². The highest BCUT2D eigenvalue weighted by atomic mass is 32.2. The third kappa shape index (κ3) is 0.884. The highest BCUT2D eigenvalue weighted by molar-refractivity contribution is 8.18. The Morgan fingerprint density at radius 1 is 1.23 bits per heavy atom. The molecule has 0 aliphatic carbocycles. The lowest BCUT2D eigenvalue weighted by atomic mass is 10.1. The lowest BCUT2D eigenvalue weighted by molar-refractivity contribution is 0.614. The van der Waals surface area contributed by atoms with Gasteiger partial charge in [-0.05, 0) is 29.7 Å². The molecule has 1 aromatic carbocycles. The molecule has 0 bridgehead atoms. The molecule has 13 heavy (non-hydrogen) atoms. The maximum atomic E-state index is 5.94. The number of hydrogen-bond acceptors (Lipinski definition) is 2. The molecule has 3 heteroatoms. The van der Waals surface area contributed by atoms with E-state index in [1.807, 2.05) is 6.07 Å². The Morgan fingerprint density at radius 2 is 2.15 bits per heavy atom. The molecule has 1 unspecified atom stereocenters. The van der Waals surface area contributed by atoms with Crippen molar-refractivity contribution < 1.29 is 4.42 Å². The average molecular weight is 191 g/mol. The third-order valence-electron chi connectivity index (χ3n) is 2.32. The fourth-order valence-electron chi connectivity index (χ4n) is 1.67. The molecule has 2 aromatic rings. The largest absolute Gasteiger partial charge is 0.464 e. The Kier molecular flexibility index (Phi) is 1.34. The first-order chi connectivity index (χ1) is 6.36. The lowest BCUT2D eigenvalue weighted by Gasteiger charge is -2.07. The molecular formula is C10H9NOS. The van der Waals surface area contributed by atoms with Crippen LogP contribution in [-0.2, 0) is 0 Å². The fourth-order valence-corrected chi connectivity index (χ4v) is 2.84. The van der Waals surface area contributed by atoms with Crippen molar-refractivity contribution in [1.29, 1.82) is 0 Å². The quantitative estimate of drug-likeness (QED) is 0.628. The summed E-state index contributed by atoms with van der Waals surface area (Å²) >= 11 is -0.576. The van der Waals surface area contributed by atoms with Crippen LogP contribution in [0.2, 0.25) is 0 Å². The van der Waals surface area contributed by atoms with Gasteiger partial charge in [0, 0.05) is 15.8 Å². The van der Waals surface area contributed by atoms with Crippen LogP contribution in [0.15, 0.2) is 39.2 Å². The molecule has 1 aliphatic heterocycles. The number of hydrogen-bond donors (Lipinski definition) is 2. The van der Waals surface area contributed by atoms with E-state index in [0.29, 0.717) is 0 Å². The first kappa shape index (κ1) is 7.24. The molecule has 1 aromatic heterocycles. The molecule has 2 nitrogen and oxygen atoms in total. The van der Waals surface area contributed by atoms with Gasteiger partial charge in [0.25, 0.3) is 0 Å². The summed E-state index contributed by atoms with van der Waals surface area (Å²) in [5.41, 5.74) is 2.13. The predicted molar refractivity (Wildman–Crippen MR) is 56.7 cm³/mol. The van der Waals surface area contributed by atoms with E-state index < -0.39 is 11.1 Å². The number of rotatable bonds is 0. The monoisotopic (exact) mass is 191 g/mol. The van der Waals surface area contributed by atoms with E-state index in [9.17, 15) is 0 Å². The van der Waals surface area contributed by atoms with E-state index in [1.54, 1.807) is 6.26 Å². The number of fused-ring (bicyclic) bond motifs is 3. The van der Waals surface area contributed by atoms with Gasteiger partial charge in [-0.3, -0.25) is 5.14 Å². The summed E-state index contributed by atoms with van der Waals surface area (Å²) < 4.78 is 5.41. The zero-order valence-electron chi connectivity index (χ0n) is 6.90. The second-order valence-electron chi connectivity index (χ2n) is 3.06. The first-order valence-corrected chi connectivity index (χ1v) is 5.56. The van der Waals surface area contributed by atoms with E-state index in [2.05, 4.69) is 23.6 Å². The van der Waals surface area contributed by atoms with Gasteiger partial charge in [0.05, 0.1) is 6.26 Å². The Labute approximate surface area is 78.5 Å². The molecule has 1 aliphatic rings. The molecule has 3 rings (SSSR count). The minimum absolute atomic E-state index is 0.576. The Hall–Kier alpha value is -1.19. The van der Waals surface area contributed by atoms with Crippen molar-refractivity contribution >= 4 is 28.1 Å². The Balaban J connectivity index is 2.45. The summed E-state index contributed by atoms with van der Waals surface area (Å²) in [6.07, 6.45) is 3.78. The Bertz CT molecular complexity index is 501. The second-order valence-corrected chi connectivity index (χ2v) is 4.65. The molecule has 0 saturated carbocycles. The van der Waals surface area contributed by atoms with E-state index >= 15 is 0 Å². The molecule has 0 fully saturated rings. The summed E-state index contributed by atoms with van der Waals surface area (Å²) in [4.78, 5) is 1.22. The summed E-state index contributed by atoms with van der Waals surface area (Å²) in [6, 6.07) is 6.13. The van der Waals surface area contributed by atoms with E-state index in [-0.39, 0.29) is 0 Å². The summed E-state index contributed by atoms with van der Waals surface area (Å²) in [7, 11) is 0. The number of nitrogens with two attached hydrogens (primary N) is 1. The third-order valence-corrected chi connectivity index (χ3v) is 3.73. The van der Waals surface area contributed by atoms with Crippen molar-refractivity contribution in [3.8, 4) is 0 Å². The smallest absolute Gasteiger partial charge is 0.142 e. The molecule has 0 saturated heterocycles. The summed E-state index contributed by atoms with van der Waals surface area (Å²) in [5, 5.41) is 9.15. The van der Waals surface area contributed by atoms with Crippen molar-refractivity contribution in [3.05, 3.63) is 35.4 Å². The van der Waals surface area contributed by atoms with E-state index in [4.69, 9.17) is 9.56 Å². The van der Waals surface area contributed by atoms with Gasteiger partial charge in [-0.15, -0.1) is 0 Å². The van der Waals surface area contributed by atoms with Crippen molar-refractivity contribution in [1.82, 2.24) is 0 Å². The Morgan fingerprint density at radius 3 is 3.08 bits per heavy atom. The van der Waals surface area contributed by atoms with Gasteiger partial charge >= 0.3 is 0 Å². The minimum Gasteiger partial charge on any atom is -0.464 e. The minimum atomic E-state index is -0.576. The van der Waals surface area contributed by atoms with Crippen molar-refractivity contribution in [2.45, 2.75) is 4.90 Å². The zero-order valence-corrected chi connectivity index (χ0v) is 7.79. The average Bonchev–Trinajstić information content (AvgIpc) is 2.70. The lowest BCUT2D eigenvalue weighted by Crippen LogP contribution is -1.88. The summed E-state index contributed by atoms with van der Waals surface area (Å²) in [5.74, 6) is 0. The van der Waals surface area contributed by atoms with Crippen LogP contribution in [0.25, 0.3) is 17.0 Å². The number of thiol groups is 1. The fraction of sp³-hybridized carbons (Fsp3) is 0. The molecule has 66 valence electrons. The SMILES string of the molecule is N[SH]1C=Cc2c1ccc1ccoc21. The zero-order chi connectivity index (χ0) is 8.84. The predicted octanol–water partition coefficient (Wildman–Crippen LogP) is 2.65. The molecular weight excluding hydrogens is 182 g/mol. The molecule has 1 atom stereocenters. The van der Waals surface area contributed by atoms with Gasteiger partial charge in [0.2, 0.25) is 0 Å². The highest BCUT2D eigenvalue weighted by Crippen LogP contribution is 2.43. The highest BCUT2D eigenvalue weighted by Gasteiger charge is 2.14. The molecule has 2 N–H and O–H groups in total. The van der Waals surface area contributed by atoms with Gasteiger partial charge in [0.1, 0.15) is 5.58 Å². The van der Waals surface area contributed by atoms with Crippen LogP contribution in [0.4, 0.5) is 0 Å². The molecule has 0 radical (unpaired) electrons. The maximum Gasteiger partial charge on any atom is 0.142 e. The molecule has 0 amide bonds. The summed E-state index contributed by atoms with van der Waals surface area (Å²) in [6.45, 7) is 0. The molecule has 2 heterocycles. The van der Waals surface area contributed by atoms with Crippen LogP contribution < -0.4 is 5.14 Å².